The minimum atomic E-state index is -0.189. The van der Waals surface area contributed by atoms with E-state index in [0.29, 0.717) is 5.56 Å². The second-order valence-electron chi connectivity index (χ2n) is 4.76. The van der Waals surface area contributed by atoms with E-state index >= 15 is 0 Å². The average Bonchev–Trinajstić information content (AvgIpc) is 2.85. The lowest BCUT2D eigenvalue weighted by molar-refractivity contribution is 0.0936. The minimum absolute atomic E-state index is 0.0498. The number of benzene rings is 1. The monoisotopic (exact) mass is 350 g/mol. The molecular formula is C15H12BrClN2O. The molecule has 5 heteroatoms. The Hall–Kier alpha value is -1.39. The predicted molar refractivity (Wildman–Crippen MR) is 81.9 cm³/mol. The van der Waals surface area contributed by atoms with Crippen molar-refractivity contribution in [2.75, 3.05) is 0 Å². The lowest BCUT2D eigenvalue weighted by Crippen LogP contribution is -2.27. The summed E-state index contributed by atoms with van der Waals surface area (Å²) in [5.74, 6) is -0.189. The number of nitrogens with zero attached hydrogens (tertiary/aromatic N) is 1. The molecule has 0 saturated carbocycles. The number of carbonyl (C=O) groups is 1. The Labute approximate surface area is 130 Å². The highest BCUT2D eigenvalue weighted by molar-refractivity contribution is 9.10. The van der Waals surface area contributed by atoms with Crippen LogP contribution in [-0.4, -0.2) is 10.9 Å². The zero-order chi connectivity index (χ0) is 14.1. The highest BCUT2D eigenvalue weighted by atomic mass is 79.9. The zero-order valence-corrected chi connectivity index (χ0v) is 12.9. The van der Waals surface area contributed by atoms with Gasteiger partial charge in [-0.3, -0.25) is 4.79 Å². The quantitative estimate of drug-likeness (QED) is 0.833. The number of hydrogen-bond acceptors (Lipinski definition) is 2. The first-order chi connectivity index (χ1) is 9.65. The van der Waals surface area contributed by atoms with Crippen LogP contribution in [0.4, 0.5) is 0 Å². The smallest absolute Gasteiger partial charge is 0.254 e. The molecule has 1 unspecified atom stereocenters. The zero-order valence-electron chi connectivity index (χ0n) is 10.6. The van der Waals surface area contributed by atoms with Crippen molar-refractivity contribution in [3.8, 4) is 0 Å². The van der Waals surface area contributed by atoms with E-state index in [1.165, 1.54) is 11.1 Å². The fraction of sp³-hybridized carbons (Fsp3) is 0.200. The molecule has 0 radical (unpaired) electrons. The van der Waals surface area contributed by atoms with Crippen molar-refractivity contribution in [3.63, 3.8) is 0 Å². The number of aromatic nitrogens is 1. The van der Waals surface area contributed by atoms with E-state index in [9.17, 15) is 4.79 Å². The van der Waals surface area contributed by atoms with Crippen LogP contribution in [0.1, 0.15) is 33.9 Å². The summed E-state index contributed by atoms with van der Waals surface area (Å²) >= 11 is 9.29. The molecule has 0 fully saturated rings. The maximum Gasteiger partial charge on any atom is 0.254 e. The third-order valence-corrected chi connectivity index (χ3v) is 4.22. The molecule has 0 spiro atoms. The van der Waals surface area contributed by atoms with Gasteiger partial charge in [0.15, 0.2) is 0 Å². The molecule has 0 saturated heterocycles. The largest absolute Gasteiger partial charge is 0.345 e. The van der Waals surface area contributed by atoms with Gasteiger partial charge in [0.1, 0.15) is 5.15 Å². The van der Waals surface area contributed by atoms with Crippen molar-refractivity contribution in [3.05, 3.63) is 62.8 Å². The molecule has 0 aliphatic heterocycles. The first kappa shape index (κ1) is 13.6. The van der Waals surface area contributed by atoms with Crippen LogP contribution in [0, 0.1) is 0 Å². The SMILES string of the molecule is O=C(NC1CCc2ccccc21)c1cc(Br)cnc1Cl. The number of carbonyl (C=O) groups excluding carboxylic acids is 1. The van der Waals surface area contributed by atoms with Crippen molar-refractivity contribution in [2.45, 2.75) is 18.9 Å². The van der Waals surface area contributed by atoms with Crippen molar-refractivity contribution in [2.24, 2.45) is 0 Å². The number of amides is 1. The average molecular weight is 352 g/mol. The standard InChI is InChI=1S/C15H12BrClN2O/c16-10-7-12(14(17)18-8-10)15(20)19-13-6-5-9-3-1-2-4-11(9)13/h1-4,7-8,13H,5-6H2,(H,19,20). The van der Waals surface area contributed by atoms with Crippen LogP contribution >= 0.6 is 27.5 Å². The molecule has 20 heavy (non-hydrogen) atoms. The van der Waals surface area contributed by atoms with E-state index in [-0.39, 0.29) is 17.1 Å². The summed E-state index contributed by atoms with van der Waals surface area (Å²) in [6, 6.07) is 9.93. The number of fused-ring (bicyclic) bond motifs is 1. The van der Waals surface area contributed by atoms with E-state index in [2.05, 4.69) is 38.4 Å². The number of rotatable bonds is 2. The van der Waals surface area contributed by atoms with Gasteiger partial charge in [0, 0.05) is 10.7 Å². The van der Waals surface area contributed by atoms with Crippen LogP contribution in [0.25, 0.3) is 0 Å². The van der Waals surface area contributed by atoms with Gasteiger partial charge in [0.2, 0.25) is 0 Å². The van der Waals surface area contributed by atoms with E-state index in [1.807, 2.05) is 12.1 Å². The Morgan fingerprint density at radius 1 is 1.40 bits per heavy atom. The Bertz CT molecular complexity index is 675. The van der Waals surface area contributed by atoms with Crippen molar-refractivity contribution in [1.29, 1.82) is 0 Å². The lowest BCUT2D eigenvalue weighted by Gasteiger charge is -2.14. The molecule has 1 atom stereocenters. The summed E-state index contributed by atoms with van der Waals surface area (Å²) < 4.78 is 0.735. The fourth-order valence-corrected chi connectivity index (χ4v) is 3.05. The van der Waals surface area contributed by atoms with Crippen LogP contribution in [-0.2, 0) is 6.42 Å². The van der Waals surface area contributed by atoms with Gasteiger partial charge in [-0.2, -0.15) is 0 Å². The molecule has 1 heterocycles. The number of halogens is 2. The molecule has 1 aliphatic carbocycles. The molecule has 1 aromatic heterocycles. The summed E-state index contributed by atoms with van der Waals surface area (Å²) in [5, 5.41) is 3.25. The molecule has 2 aromatic rings. The second kappa shape index (κ2) is 5.54. The number of pyridine rings is 1. The van der Waals surface area contributed by atoms with E-state index in [1.54, 1.807) is 12.3 Å². The third kappa shape index (κ3) is 2.58. The predicted octanol–water partition coefficient (Wildman–Crippen LogP) is 3.91. The summed E-state index contributed by atoms with van der Waals surface area (Å²) in [7, 11) is 0. The van der Waals surface area contributed by atoms with Crippen LogP contribution in [0.15, 0.2) is 41.0 Å². The molecule has 1 aliphatic rings. The van der Waals surface area contributed by atoms with Crippen molar-refractivity contribution < 1.29 is 4.79 Å². The summed E-state index contributed by atoms with van der Waals surface area (Å²) in [5.41, 5.74) is 2.89. The van der Waals surface area contributed by atoms with Gasteiger partial charge in [-0.25, -0.2) is 4.98 Å². The summed E-state index contributed by atoms with van der Waals surface area (Å²) in [6.07, 6.45) is 3.49. The summed E-state index contributed by atoms with van der Waals surface area (Å²) in [4.78, 5) is 16.3. The minimum Gasteiger partial charge on any atom is -0.345 e. The number of nitrogens with one attached hydrogen (secondary N) is 1. The van der Waals surface area contributed by atoms with E-state index in [0.717, 1.165) is 17.3 Å². The Kier molecular flexibility index (Phi) is 3.76. The van der Waals surface area contributed by atoms with Crippen LogP contribution in [0.3, 0.4) is 0 Å². The molecule has 102 valence electrons. The van der Waals surface area contributed by atoms with Crippen LogP contribution in [0.5, 0.6) is 0 Å². The number of aryl methyl sites for hydroxylation is 1. The normalized spacial score (nSPS) is 16.8. The first-order valence-electron chi connectivity index (χ1n) is 6.35. The van der Waals surface area contributed by atoms with Gasteiger partial charge in [-0.15, -0.1) is 0 Å². The highest BCUT2D eigenvalue weighted by Gasteiger charge is 2.24. The van der Waals surface area contributed by atoms with Crippen molar-refractivity contribution in [1.82, 2.24) is 10.3 Å². The lowest BCUT2D eigenvalue weighted by atomic mass is 10.1. The van der Waals surface area contributed by atoms with Crippen molar-refractivity contribution >= 4 is 33.4 Å². The summed E-state index contributed by atoms with van der Waals surface area (Å²) in [6.45, 7) is 0. The van der Waals surface area contributed by atoms with E-state index in [4.69, 9.17) is 11.6 Å². The molecule has 0 bridgehead atoms. The number of hydrogen-bond donors (Lipinski definition) is 1. The molecule has 1 amide bonds. The Morgan fingerprint density at radius 3 is 3.05 bits per heavy atom. The van der Waals surface area contributed by atoms with Gasteiger partial charge in [0.05, 0.1) is 11.6 Å². The molecule has 3 rings (SSSR count). The van der Waals surface area contributed by atoms with Gasteiger partial charge >= 0.3 is 0 Å². The van der Waals surface area contributed by atoms with Crippen LogP contribution in [0.2, 0.25) is 5.15 Å². The van der Waals surface area contributed by atoms with Gasteiger partial charge in [0.25, 0.3) is 5.91 Å². The maximum absolute atomic E-state index is 12.3. The highest BCUT2D eigenvalue weighted by Crippen LogP contribution is 2.31. The van der Waals surface area contributed by atoms with Gasteiger partial charge < -0.3 is 5.32 Å². The molecule has 1 N–H and O–H groups in total. The second-order valence-corrected chi connectivity index (χ2v) is 6.03. The molecule has 1 aromatic carbocycles. The molecular weight excluding hydrogens is 340 g/mol. The third-order valence-electron chi connectivity index (χ3n) is 3.49. The fourth-order valence-electron chi connectivity index (χ4n) is 2.52. The molecule has 3 nitrogen and oxygen atoms in total. The van der Waals surface area contributed by atoms with Gasteiger partial charge in [-0.05, 0) is 46.0 Å². The van der Waals surface area contributed by atoms with E-state index < -0.39 is 0 Å². The maximum atomic E-state index is 12.3. The first-order valence-corrected chi connectivity index (χ1v) is 7.52. The Morgan fingerprint density at radius 2 is 2.20 bits per heavy atom. The Balaban J connectivity index is 1.82. The van der Waals surface area contributed by atoms with Gasteiger partial charge in [-0.1, -0.05) is 35.9 Å². The topological polar surface area (TPSA) is 42.0 Å². The van der Waals surface area contributed by atoms with Crippen LogP contribution < -0.4 is 5.32 Å².